The number of H-pyrrole nitrogens is 1. The van der Waals surface area contributed by atoms with E-state index in [1.165, 1.54) is 0 Å². The number of fused-ring (bicyclic) bond motifs is 1. The normalized spacial score (nSPS) is 10.8. The van der Waals surface area contributed by atoms with E-state index in [1.54, 1.807) is 6.33 Å². The summed E-state index contributed by atoms with van der Waals surface area (Å²) in [5, 5.41) is 10.2. The number of benzene rings is 4. The van der Waals surface area contributed by atoms with Crippen molar-refractivity contribution in [1.29, 1.82) is 0 Å². The number of amides is 2. The number of carbonyl (C=O) groups is 1. The van der Waals surface area contributed by atoms with Crippen molar-refractivity contribution in [3.05, 3.63) is 127 Å². The van der Waals surface area contributed by atoms with Crippen molar-refractivity contribution < 1.29 is 4.79 Å². The zero-order valence-corrected chi connectivity index (χ0v) is 21.8. The average Bonchev–Trinajstić information content (AvgIpc) is 3.40. The fourth-order valence-corrected chi connectivity index (χ4v) is 4.77. The number of aromatic amines is 1. The summed E-state index contributed by atoms with van der Waals surface area (Å²) in [6, 6.07) is 37.6. The number of urea groups is 1. The summed E-state index contributed by atoms with van der Waals surface area (Å²) in [5.41, 5.74) is 7.71. The molecule has 2 heterocycles. The molecule has 0 saturated heterocycles. The smallest absolute Gasteiger partial charge is 0.323 e. The maximum absolute atomic E-state index is 12.3. The van der Waals surface area contributed by atoms with Crippen LogP contribution in [0.2, 0.25) is 0 Å². The third-order valence-electron chi connectivity index (χ3n) is 6.67. The van der Waals surface area contributed by atoms with Crippen LogP contribution >= 0.6 is 0 Å². The molecule has 40 heavy (non-hydrogen) atoms. The van der Waals surface area contributed by atoms with Crippen molar-refractivity contribution in [2.75, 3.05) is 22.5 Å². The third kappa shape index (κ3) is 5.54. The van der Waals surface area contributed by atoms with Crippen LogP contribution in [0.15, 0.2) is 122 Å². The zero-order chi connectivity index (χ0) is 27.1. The van der Waals surface area contributed by atoms with Gasteiger partial charge in [0.1, 0.15) is 17.8 Å². The van der Waals surface area contributed by atoms with Gasteiger partial charge in [-0.3, -0.25) is 0 Å². The van der Waals surface area contributed by atoms with Crippen molar-refractivity contribution in [2.24, 2.45) is 0 Å². The highest BCUT2D eigenvalue weighted by Crippen LogP contribution is 2.40. The molecule has 0 fully saturated rings. The molecule has 6 rings (SSSR count). The second kappa shape index (κ2) is 11.5. The minimum absolute atomic E-state index is 0.274. The summed E-state index contributed by atoms with van der Waals surface area (Å²) < 4.78 is 0. The summed E-state index contributed by atoms with van der Waals surface area (Å²) in [5.74, 6) is 0.790. The fraction of sp³-hybridized carbons (Fsp3) is 0.0606. The van der Waals surface area contributed by atoms with E-state index < -0.39 is 0 Å². The SMILES string of the molecule is O=C(Nc1ccccc1)Nc1ccc(CCNc2ncnc3[nH]c(-c4ccccc4)c(-c4ccccc4)c23)cc1. The number of aromatic nitrogens is 3. The first-order chi connectivity index (χ1) is 19.7. The van der Waals surface area contributed by atoms with Crippen molar-refractivity contribution in [3.8, 4) is 22.4 Å². The van der Waals surface area contributed by atoms with Crippen molar-refractivity contribution in [3.63, 3.8) is 0 Å². The topological polar surface area (TPSA) is 94.7 Å². The van der Waals surface area contributed by atoms with Crippen molar-refractivity contribution >= 4 is 34.3 Å². The fourth-order valence-electron chi connectivity index (χ4n) is 4.77. The van der Waals surface area contributed by atoms with E-state index >= 15 is 0 Å². The Bertz CT molecular complexity index is 1720. The summed E-state index contributed by atoms with van der Waals surface area (Å²) >= 11 is 0. The van der Waals surface area contributed by atoms with Gasteiger partial charge >= 0.3 is 6.03 Å². The maximum Gasteiger partial charge on any atom is 0.323 e. The molecule has 0 atom stereocenters. The highest BCUT2D eigenvalue weighted by Gasteiger charge is 2.19. The maximum atomic E-state index is 12.3. The monoisotopic (exact) mass is 524 g/mol. The Hall–Kier alpha value is -5.43. The number of nitrogens with one attached hydrogen (secondary N) is 4. The van der Waals surface area contributed by atoms with Crippen LogP contribution in [0.3, 0.4) is 0 Å². The van der Waals surface area contributed by atoms with Gasteiger partial charge in [0.2, 0.25) is 0 Å². The van der Waals surface area contributed by atoms with Gasteiger partial charge in [0.15, 0.2) is 0 Å². The first kappa shape index (κ1) is 24.9. The Morgan fingerprint density at radius 3 is 1.95 bits per heavy atom. The van der Waals surface area contributed by atoms with Crippen molar-refractivity contribution in [1.82, 2.24) is 15.0 Å². The molecule has 6 aromatic rings. The Morgan fingerprint density at radius 1 is 0.675 bits per heavy atom. The molecule has 0 aliphatic heterocycles. The van der Waals surface area contributed by atoms with Crippen LogP contribution in [0.5, 0.6) is 0 Å². The van der Waals surface area contributed by atoms with Gasteiger partial charge in [-0.2, -0.15) is 0 Å². The van der Waals surface area contributed by atoms with Gasteiger partial charge in [-0.1, -0.05) is 91.0 Å². The number of hydrogen-bond donors (Lipinski definition) is 4. The molecular formula is C33H28N6O. The van der Waals surface area contributed by atoms with Gasteiger partial charge in [0.05, 0.1) is 11.1 Å². The van der Waals surface area contributed by atoms with Crippen LogP contribution in [0, 0.1) is 0 Å². The quantitative estimate of drug-likeness (QED) is 0.165. The average molecular weight is 525 g/mol. The largest absolute Gasteiger partial charge is 0.369 e. The Kier molecular flexibility index (Phi) is 7.17. The Balaban J connectivity index is 1.18. The molecule has 0 radical (unpaired) electrons. The molecule has 4 N–H and O–H groups in total. The molecule has 7 nitrogen and oxygen atoms in total. The van der Waals surface area contributed by atoms with E-state index in [2.05, 4.69) is 55.2 Å². The lowest BCUT2D eigenvalue weighted by Gasteiger charge is -2.11. The summed E-state index contributed by atoms with van der Waals surface area (Å²) in [7, 11) is 0. The summed E-state index contributed by atoms with van der Waals surface area (Å²) in [4.78, 5) is 25.0. The molecule has 0 saturated carbocycles. The molecule has 2 amide bonds. The molecule has 0 aliphatic carbocycles. The van der Waals surface area contributed by atoms with Crippen molar-refractivity contribution in [2.45, 2.75) is 6.42 Å². The van der Waals surface area contributed by atoms with Gasteiger partial charge in [-0.25, -0.2) is 14.8 Å². The van der Waals surface area contributed by atoms with Crippen LogP contribution in [0.4, 0.5) is 22.0 Å². The minimum Gasteiger partial charge on any atom is -0.369 e. The zero-order valence-electron chi connectivity index (χ0n) is 21.8. The van der Waals surface area contributed by atoms with E-state index in [0.717, 1.165) is 62.6 Å². The summed E-state index contributed by atoms with van der Waals surface area (Å²) in [6.07, 6.45) is 2.38. The van der Waals surface area contributed by atoms with Crippen LogP contribution in [0.25, 0.3) is 33.4 Å². The molecule has 7 heteroatoms. The number of carbonyl (C=O) groups excluding carboxylic acids is 1. The van der Waals surface area contributed by atoms with E-state index in [1.807, 2.05) is 91.0 Å². The van der Waals surface area contributed by atoms with Gasteiger partial charge < -0.3 is 20.9 Å². The Labute approximate surface area is 232 Å². The number of nitrogens with zero attached hydrogens (tertiary/aromatic N) is 2. The molecule has 4 aromatic carbocycles. The lowest BCUT2D eigenvalue weighted by Crippen LogP contribution is -2.19. The van der Waals surface area contributed by atoms with Gasteiger partial charge in [-0.15, -0.1) is 0 Å². The number of hydrogen-bond acceptors (Lipinski definition) is 4. The van der Waals surface area contributed by atoms with E-state index in [0.29, 0.717) is 6.54 Å². The molecule has 0 aliphatic rings. The lowest BCUT2D eigenvalue weighted by molar-refractivity contribution is 0.262. The Morgan fingerprint density at radius 2 is 1.27 bits per heavy atom. The first-order valence-corrected chi connectivity index (χ1v) is 13.2. The predicted molar refractivity (Wildman–Crippen MR) is 162 cm³/mol. The van der Waals surface area contributed by atoms with Gasteiger partial charge in [-0.05, 0) is 47.4 Å². The number of para-hydroxylation sites is 1. The molecular weight excluding hydrogens is 496 g/mol. The highest BCUT2D eigenvalue weighted by atomic mass is 16.2. The third-order valence-corrected chi connectivity index (χ3v) is 6.67. The number of anilines is 3. The molecule has 196 valence electrons. The van der Waals surface area contributed by atoms with Crippen LogP contribution in [-0.4, -0.2) is 27.5 Å². The molecule has 0 bridgehead atoms. The van der Waals surface area contributed by atoms with Crippen LogP contribution < -0.4 is 16.0 Å². The second-order valence-electron chi connectivity index (χ2n) is 9.37. The predicted octanol–water partition coefficient (Wildman–Crippen LogP) is 7.59. The van der Waals surface area contributed by atoms with Crippen LogP contribution in [0.1, 0.15) is 5.56 Å². The highest BCUT2D eigenvalue weighted by molar-refractivity contribution is 6.07. The van der Waals surface area contributed by atoms with Gasteiger partial charge in [0, 0.05) is 23.5 Å². The molecule has 0 unspecified atom stereocenters. The molecule has 2 aromatic heterocycles. The van der Waals surface area contributed by atoms with Crippen LogP contribution in [-0.2, 0) is 6.42 Å². The van der Waals surface area contributed by atoms with Gasteiger partial charge in [0.25, 0.3) is 0 Å². The standard InChI is InChI=1S/C33H28N6O/c40-33(37-26-14-8-3-9-15-26)38-27-18-16-23(17-19-27)20-21-34-31-29-28(24-10-4-1-5-11-24)30(25-12-6-2-7-13-25)39-32(29)36-22-35-31/h1-19,22H,20-21H2,(H2,37,38,40)(H2,34,35,36,39). The van der Waals surface area contributed by atoms with E-state index in [9.17, 15) is 4.79 Å². The molecule has 0 spiro atoms. The van der Waals surface area contributed by atoms with E-state index in [-0.39, 0.29) is 6.03 Å². The second-order valence-corrected chi connectivity index (χ2v) is 9.37. The lowest BCUT2D eigenvalue weighted by atomic mass is 9.99. The summed E-state index contributed by atoms with van der Waals surface area (Å²) in [6.45, 7) is 0.688. The van der Waals surface area contributed by atoms with E-state index in [4.69, 9.17) is 0 Å². The first-order valence-electron chi connectivity index (χ1n) is 13.2. The minimum atomic E-state index is -0.274. The number of rotatable bonds is 8.